The van der Waals surface area contributed by atoms with Crippen molar-refractivity contribution in [3.05, 3.63) is 60.9 Å². The lowest BCUT2D eigenvalue weighted by Gasteiger charge is -2.16. The van der Waals surface area contributed by atoms with Gasteiger partial charge in [0.25, 0.3) is 5.91 Å². The number of carbonyl (C=O) groups excluding carboxylic acids is 2. The van der Waals surface area contributed by atoms with Crippen LogP contribution in [0.15, 0.2) is 59.5 Å². The second kappa shape index (κ2) is 12.2. The molecule has 0 saturated carbocycles. The number of hydrogen-bond donors (Lipinski definition) is 2. The van der Waals surface area contributed by atoms with Crippen LogP contribution < -0.4 is 5.32 Å². The zero-order valence-corrected chi connectivity index (χ0v) is 22.0. The molecule has 39 heavy (non-hydrogen) atoms. The summed E-state index contributed by atoms with van der Waals surface area (Å²) in [5, 5.41) is 19.1. The molecule has 13 nitrogen and oxygen atoms in total. The lowest BCUT2D eigenvalue weighted by atomic mass is 10.2. The molecule has 1 unspecified atom stereocenters. The molecule has 0 radical (unpaired) electrons. The fourth-order valence-electron chi connectivity index (χ4n) is 3.39. The van der Waals surface area contributed by atoms with Gasteiger partial charge < -0.3 is 23.9 Å². The molecule has 4 heterocycles. The summed E-state index contributed by atoms with van der Waals surface area (Å²) in [5.74, 6) is -0.249. The Balaban J connectivity index is 1.45. The van der Waals surface area contributed by atoms with Crippen LogP contribution in [0.25, 0.3) is 22.7 Å². The Kier molecular flexibility index (Phi) is 8.51. The maximum absolute atomic E-state index is 13.0. The molecule has 0 aromatic carbocycles. The Bertz CT molecular complexity index is 1440. The van der Waals surface area contributed by atoms with Crippen LogP contribution in [0.5, 0.6) is 0 Å². The summed E-state index contributed by atoms with van der Waals surface area (Å²) in [4.78, 5) is 29.8. The largest absolute Gasteiger partial charge is 0.451 e. The molecule has 0 fully saturated rings. The number of hydrogen-bond acceptors (Lipinski definition) is 10. The lowest BCUT2D eigenvalue weighted by Crippen LogP contribution is -2.26. The van der Waals surface area contributed by atoms with Crippen LogP contribution in [-0.4, -0.2) is 62.4 Å². The van der Waals surface area contributed by atoms with Gasteiger partial charge in [0.05, 0.1) is 36.3 Å². The topological polar surface area (TPSA) is 159 Å². The maximum atomic E-state index is 13.0. The van der Waals surface area contributed by atoms with Crippen molar-refractivity contribution >= 4 is 23.6 Å². The highest BCUT2D eigenvalue weighted by Gasteiger charge is 2.20. The first kappa shape index (κ1) is 27.3. The van der Waals surface area contributed by atoms with E-state index in [-0.39, 0.29) is 17.6 Å². The first-order valence-corrected chi connectivity index (χ1v) is 12.1. The summed E-state index contributed by atoms with van der Waals surface area (Å²) in [6.45, 7) is 6.05. The van der Waals surface area contributed by atoms with Crippen LogP contribution >= 0.6 is 0 Å². The van der Waals surface area contributed by atoms with Gasteiger partial charge in [-0.25, -0.2) is 4.79 Å². The molecule has 0 aliphatic rings. The fraction of sp³-hybridized carbons (Fsp3) is 0.308. The average molecular weight is 536 g/mol. The van der Waals surface area contributed by atoms with Crippen LogP contribution in [0.3, 0.4) is 0 Å². The first-order valence-electron chi connectivity index (χ1n) is 12.1. The minimum Gasteiger partial charge on any atom is -0.451 e. The zero-order valence-electron chi connectivity index (χ0n) is 22.0. The molecule has 1 amide bonds. The third-order valence-corrected chi connectivity index (χ3v) is 5.41. The molecule has 204 valence electrons. The SMILES string of the molecule is COCCn1cc(NC(=O)c2ccc(-c3cnn(C(=O)OC(C)OC(=N)C(C)C)c3)o2)c(-c2ccccn2)n1. The number of rotatable bonds is 10. The van der Waals surface area contributed by atoms with Crippen molar-refractivity contribution in [2.45, 2.75) is 33.6 Å². The molecule has 4 aromatic rings. The third kappa shape index (κ3) is 6.76. The third-order valence-electron chi connectivity index (χ3n) is 5.41. The van der Waals surface area contributed by atoms with Crippen molar-refractivity contribution in [2.24, 2.45) is 5.92 Å². The van der Waals surface area contributed by atoms with Gasteiger partial charge in [0.2, 0.25) is 6.29 Å². The Morgan fingerprint density at radius 3 is 2.67 bits per heavy atom. The number of methoxy groups -OCH3 is 1. The van der Waals surface area contributed by atoms with Crippen molar-refractivity contribution in [1.29, 1.82) is 5.41 Å². The van der Waals surface area contributed by atoms with E-state index in [0.29, 0.717) is 41.6 Å². The number of amides is 1. The molecule has 0 bridgehead atoms. The van der Waals surface area contributed by atoms with E-state index in [1.165, 1.54) is 25.4 Å². The highest BCUT2D eigenvalue weighted by molar-refractivity contribution is 6.04. The Labute approximate surface area is 224 Å². The number of carbonyl (C=O) groups is 2. The van der Waals surface area contributed by atoms with Crippen LogP contribution in [0.2, 0.25) is 0 Å². The van der Waals surface area contributed by atoms with E-state index < -0.39 is 18.3 Å². The highest BCUT2D eigenvalue weighted by atomic mass is 16.7. The standard InChI is InChI=1S/C26H29N7O6/c1-16(2)24(27)37-17(3)38-26(35)33-14-18(13-29-33)21-8-9-22(39-21)25(34)30-20-15-32(11-12-36-4)31-23(20)19-7-5-6-10-28-19/h5-10,13-17,27H,11-12H2,1-4H3,(H,30,34). The maximum Gasteiger partial charge on any atom is 0.437 e. The predicted octanol–water partition coefficient (Wildman–Crippen LogP) is 4.28. The summed E-state index contributed by atoms with van der Waals surface area (Å²) in [6.07, 6.45) is 4.41. The van der Waals surface area contributed by atoms with Gasteiger partial charge in [-0.3, -0.25) is 19.9 Å². The van der Waals surface area contributed by atoms with E-state index in [1.807, 2.05) is 6.07 Å². The van der Waals surface area contributed by atoms with Crippen molar-refractivity contribution < 1.29 is 28.2 Å². The van der Waals surface area contributed by atoms with Crippen LogP contribution in [0.1, 0.15) is 31.3 Å². The second-order valence-electron chi connectivity index (χ2n) is 8.74. The van der Waals surface area contributed by atoms with Crippen LogP contribution in [0.4, 0.5) is 10.5 Å². The molecule has 0 aliphatic heterocycles. The summed E-state index contributed by atoms with van der Waals surface area (Å²) in [5.41, 5.74) is 2.03. The Morgan fingerprint density at radius 2 is 1.95 bits per heavy atom. The lowest BCUT2D eigenvalue weighted by molar-refractivity contribution is -0.0316. The molecular weight excluding hydrogens is 506 g/mol. The van der Waals surface area contributed by atoms with E-state index in [0.717, 1.165) is 4.68 Å². The van der Waals surface area contributed by atoms with Crippen molar-refractivity contribution in [1.82, 2.24) is 24.5 Å². The smallest absolute Gasteiger partial charge is 0.437 e. The van der Waals surface area contributed by atoms with Gasteiger partial charge in [-0.15, -0.1) is 0 Å². The van der Waals surface area contributed by atoms with Gasteiger partial charge in [0.1, 0.15) is 11.5 Å². The number of nitrogens with zero attached hydrogens (tertiary/aromatic N) is 5. The molecule has 2 N–H and O–H groups in total. The molecule has 4 aromatic heterocycles. The number of pyridine rings is 1. The molecule has 1 atom stereocenters. The van der Waals surface area contributed by atoms with E-state index in [1.54, 1.807) is 56.2 Å². The van der Waals surface area contributed by atoms with Crippen LogP contribution in [0, 0.1) is 11.3 Å². The molecular formula is C26H29N7O6. The van der Waals surface area contributed by atoms with Crippen molar-refractivity contribution in [3.63, 3.8) is 0 Å². The molecule has 4 rings (SSSR count). The number of anilines is 1. The summed E-state index contributed by atoms with van der Waals surface area (Å²) in [6, 6.07) is 8.54. The number of furan rings is 1. The molecule has 13 heteroatoms. The second-order valence-corrected chi connectivity index (χ2v) is 8.74. The predicted molar refractivity (Wildman–Crippen MR) is 140 cm³/mol. The molecule has 0 saturated heterocycles. The van der Waals surface area contributed by atoms with Gasteiger partial charge in [0.15, 0.2) is 11.7 Å². The van der Waals surface area contributed by atoms with Gasteiger partial charge in [-0.05, 0) is 24.3 Å². The number of ether oxygens (including phenoxy) is 3. The van der Waals surface area contributed by atoms with Gasteiger partial charge in [-0.2, -0.15) is 14.9 Å². The van der Waals surface area contributed by atoms with Crippen LogP contribution in [-0.2, 0) is 20.8 Å². The molecule has 0 aliphatic carbocycles. The summed E-state index contributed by atoms with van der Waals surface area (Å²) < 4.78 is 23.9. The van der Waals surface area contributed by atoms with Gasteiger partial charge in [0, 0.05) is 38.5 Å². The first-order chi connectivity index (χ1) is 18.7. The van der Waals surface area contributed by atoms with E-state index in [2.05, 4.69) is 20.5 Å². The normalized spacial score (nSPS) is 11.8. The average Bonchev–Trinajstić information content (AvgIpc) is 3.67. The summed E-state index contributed by atoms with van der Waals surface area (Å²) in [7, 11) is 1.60. The van der Waals surface area contributed by atoms with Gasteiger partial charge >= 0.3 is 6.09 Å². The minimum atomic E-state index is -0.964. The van der Waals surface area contributed by atoms with Crippen molar-refractivity contribution in [3.8, 4) is 22.7 Å². The van der Waals surface area contributed by atoms with E-state index in [9.17, 15) is 9.59 Å². The van der Waals surface area contributed by atoms with Gasteiger partial charge in [-0.1, -0.05) is 19.9 Å². The van der Waals surface area contributed by atoms with E-state index >= 15 is 0 Å². The fourth-order valence-corrected chi connectivity index (χ4v) is 3.39. The number of nitrogens with one attached hydrogen (secondary N) is 2. The Morgan fingerprint density at radius 1 is 1.13 bits per heavy atom. The minimum absolute atomic E-state index is 0.00678. The zero-order chi connectivity index (χ0) is 27.9. The Hall–Kier alpha value is -4.78. The highest BCUT2D eigenvalue weighted by Crippen LogP contribution is 2.27. The quantitative estimate of drug-likeness (QED) is 0.172. The molecule has 0 spiro atoms. The monoisotopic (exact) mass is 535 g/mol. The number of aromatic nitrogens is 5. The van der Waals surface area contributed by atoms with E-state index in [4.69, 9.17) is 24.0 Å². The summed E-state index contributed by atoms with van der Waals surface area (Å²) >= 11 is 0. The van der Waals surface area contributed by atoms with Crippen molar-refractivity contribution in [2.75, 3.05) is 19.0 Å².